The van der Waals surface area contributed by atoms with Crippen LogP contribution in [0.2, 0.25) is 0 Å². The predicted octanol–water partition coefficient (Wildman–Crippen LogP) is 9.97. The largest absolute Gasteiger partial charge is 0.457 e. The first-order chi connectivity index (χ1) is 26.9. The van der Waals surface area contributed by atoms with E-state index in [0.29, 0.717) is 13.0 Å². The Bertz CT molecular complexity index is 936. The lowest BCUT2D eigenvalue weighted by atomic mass is 9.99. The van der Waals surface area contributed by atoms with Crippen molar-refractivity contribution in [3.63, 3.8) is 0 Å². The topological polar surface area (TPSA) is 135 Å². The maximum atomic E-state index is 12.7. The van der Waals surface area contributed by atoms with Gasteiger partial charge in [0.05, 0.1) is 19.8 Å². The number of unbranched alkanes of at least 4 members (excludes halogenated alkanes) is 21. The van der Waals surface area contributed by atoms with Crippen molar-refractivity contribution < 1.29 is 44.2 Å². The number of esters is 1. The maximum absolute atomic E-state index is 12.7. The van der Waals surface area contributed by atoms with Crippen molar-refractivity contribution in [3.8, 4) is 0 Å². The summed E-state index contributed by atoms with van der Waals surface area (Å²) in [5.41, 5.74) is 0. The molecule has 4 N–H and O–H groups in total. The van der Waals surface area contributed by atoms with Gasteiger partial charge in [0.1, 0.15) is 30.5 Å². The fourth-order valence-corrected chi connectivity index (χ4v) is 6.73. The zero-order chi connectivity index (χ0) is 40.0. The van der Waals surface area contributed by atoms with Crippen molar-refractivity contribution >= 4 is 5.97 Å². The molecule has 1 fully saturated rings. The summed E-state index contributed by atoms with van der Waals surface area (Å²) >= 11 is 0. The highest BCUT2D eigenvalue weighted by atomic mass is 16.7. The minimum absolute atomic E-state index is 0.116. The van der Waals surface area contributed by atoms with Gasteiger partial charge in [-0.25, -0.2) is 0 Å². The van der Waals surface area contributed by atoms with Crippen molar-refractivity contribution in [2.45, 2.75) is 224 Å². The van der Waals surface area contributed by atoms with Gasteiger partial charge in [-0.2, -0.15) is 0 Å². The van der Waals surface area contributed by atoms with Crippen LogP contribution in [-0.4, -0.2) is 89.6 Å². The van der Waals surface area contributed by atoms with Gasteiger partial charge in [-0.15, -0.1) is 0 Å². The highest BCUT2D eigenvalue weighted by Gasteiger charge is 2.44. The Kier molecular flexibility index (Phi) is 35.5. The van der Waals surface area contributed by atoms with Crippen LogP contribution in [0.4, 0.5) is 0 Å². The molecule has 55 heavy (non-hydrogen) atoms. The van der Waals surface area contributed by atoms with Crippen LogP contribution in [0.1, 0.15) is 187 Å². The molecule has 0 aliphatic carbocycles. The molecule has 0 aromatic heterocycles. The summed E-state index contributed by atoms with van der Waals surface area (Å²) in [5, 5.41) is 40.0. The quantitative estimate of drug-likeness (QED) is 0.0274. The van der Waals surface area contributed by atoms with E-state index in [4.69, 9.17) is 18.9 Å². The highest BCUT2D eigenvalue weighted by molar-refractivity contribution is 5.69. The molecule has 0 spiro atoms. The summed E-state index contributed by atoms with van der Waals surface area (Å²) in [6.45, 7) is 4.51. The minimum atomic E-state index is -1.54. The first-order valence-electron chi connectivity index (χ1n) is 22.6. The summed E-state index contributed by atoms with van der Waals surface area (Å²) in [7, 11) is 0. The first kappa shape index (κ1) is 51.4. The molecule has 0 aromatic rings. The molecule has 1 aliphatic heterocycles. The van der Waals surface area contributed by atoms with E-state index >= 15 is 0 Å². The molecule has 9 nitrogen and oxygen atoms in total. The lowest BCUT2D eigenvalue weighted by Gasteiger charge is -2.39. The van der Waals surface area contributed by atoms with Crippen molar-refractivity contribution in [2.24, 2.45) is 0 Å². The first-order valence-corrected chi connectivity index (χ1v) is 22.6. The third-order valence-electron chi connectivity index (χ3n) is 10.3. The number of carbonyl (C=O) groups excluding carboxylic acids is 1. The zero-order valence-electron chi connectivity index (χ0n) is 35.2. The molecular formula is C46H84O9. The Labute approximate surface area is 336 Å². The number of allylic oxidation sites excluding steroid dienone is 6. The smallest absolute Gasteiger partial charge is 0.306 e. The molecule has 322 valence electrons. The standard InChI is InChI=1S/C46H84O9/c1-3-5-7-9-11-13-15-16-17-18-19-20-21-22-23-24-25-26-28-30-32-34-36-52-38-40(39-53-46-45(51)44(50)43(49)41(37-47)55-46)54-42(48)35-33-31-29-27-14-12-10-8-6-4-2/h15-16,18-19,21-22,40-41,43-47,49-51H,3-14,17,20,23-39H2,1-2H3/b16-15-,19-18-,22-21-. The summed E-state index contributed by atoms with van der Waals surface area (Å²) in [6, 6.07) is 0. The second-order valence-corrected chi connectivity index (χ2v) is 15.5. The van der Waals surface area contributed by atoms with E-state index in [9.17, 15) is 25.2 Å². The van der Waals surface area contributed by atoms with E-state index < -0.39 is 43.4 Å². The average molecular weight is 781 g/mol. The van der Waals surface area contributed by atoms with Gasteiger partial charge in [0.25, 0.3) is 0 Å². The van der Waals surface area contributed by atoms with Crippen LogP contribution in [0, 0.1) is 0 Å². The van der Waals surface area contributed by atoms with Crippen molar-refractivity contribution in [2.75, 3.05) is 26.4 Å². The fourth-order valence-electron chi connectivity index (χ4n) is 6.73. The molecule has 0 bridgehead atoms. The summed E-state index contributed by atoms with van der Waals surface area (Å²) in [5.74, 6) is -0.320. The van der Waals surface area contributed by atoms with Crippen molar-refractivity contribution in [3.05, 3.63) is 36.5 Å². The van der Waals surface area contributed by atoms with E-state index in [-0.39, 0.29) is 19.2 Å². The van der Waals surface area contributed by atoms with Gasteiger partial charge in [-0.3, -0.25) is 4.79 Å². The summed E-state index contributed by atoms with van der Waals surface area (Å²) in [6.07, 6.45) is 37.5. The molecular weight excluding hydrogens is 696 g/mol. The normalized spacial score (nSPS) is 21.0. The summed E-state index contributed by atoms with van der Waals surface area (Å²) in [4.78, 5) is 12.7. The second-order valence-electron chi connectivity index (χ2n) is 15.5. The highest BCUT2D eigenvalue weighted by Crippen LogP contribution is 2.22. The number of hydrogen-bond donors (Lipinski definition) is 4. The molecule has 9 heteroatoms. The monoisotopic (exact) mass is 781 g/mol. The number of hydrogen-bond acceptors (Lipinski definition) is 9. The van der Waals surface area contributed by atoms with Gasteiger partial charge in [0, 0.05) is 13.0 Å². The summed E-state index contributed by atoms with van der Waals surface area (Å²) < 4.78 is 22.8. The van der Waals surface area contributed by atoms with Gasteiger partial charge < -0.3 is 39.4 Å². The predicted molar refractivity (Wildman–Crippen MR) is 224 cm³/mol. The Balaban J connectivity index is 2.22. The Morgan fingerprint density at radius 1 is 0.582 bits per heavy atom. The Morgan fingerprint density at radius 3 is 1.58 bits per heavy atom. The number of aliphatic hydroxyl groups is 4. The van der Waals surface area contributed by atoms with E-state index in [1.807, 2.05) is 0 Å². The Hall–Kier alpha value is -1.59. The number of ether oxygens (including phenoxy) is 4. The van der Waals surface area contributed by atoms with Crippen LogP contribution in [-0.2, 0) is 23.7 Å². The SMILES string of the molecule is CCCCCCC/C=C\C/C=C\C/C=C\CCCCCCCCCOCC(COC1OC(CO)C(O)C(O)C1O)OC(=O)CCCCCCCCCCCC. The third-order valence-corrected chi connectivity index (χ3v) is 10.3. The molecule has 0 aromatic carbocycles. The minimum Gasteiger partial charge on any atom is -0.457 e. The van der Waals surface area contributed by atoms with Crippen molar-refractivity contribution in [1.82, 2.24) is 0 Å². The van der Waals surface area contributed by atoms with E-state index in [2.05, 4.69) is 50.3 Å². The maximum Gasteiger partial charge on any atom is 0.306 e. The van der Waals surface area contributed by atoms with Crippen LogP contribution in [0.15, 0.2) is 36.5 Å². The van der Waals surface area contributed by atoms with Crippen LogP contribution < -0.4 is 0 Å². The molecule has 1 rings (SSSR count). The number of aliphatic hydroxyl groups excluding tert-OH is 4. The van der Waals surface area contributed by atoms with Gasteiger partial charge >= 0.3 is 5.97 Å². The molecule has 0 amide bonds. The van der Waals surface area contributed by atoms with E-state index in [1.165, 1.54) is 109 Å². The molecule has 6 unspecified atom stereocenters. The van der Waals surface area contributed by atoms with E-state index in [1.54, 1.807) is 0 Å². The van der Waals surface area contributed by atoms with Crippen LogP contribution in [0.5, 0.6) is 0 Å². The molecule has 1 saturated heterocycles. The molecule has 0 saturated carbocycles. The molecule has 1 aliphatic rings. The van der Waals surface area contributed by atoms with Gasteiger partial charge in [0.15, 0.2) is 6.29 Å². The number of rotatable bonds is 38. The lowest BCUT2D eigenvalue weighted by Crippen LogP contribution is -2.59. The van der Waals surface area contributed by atoms with Crippen molar-refractivity contribution in [1.29, 1.82) is 0 Å². The van der Waals surface area contributed by atoms with Gasteiger partial charge in [-0.1, -0.05) is 166 Å². The van der Waals surface area contributed by atoms with Crippen LogP contribution >= 0.6 is 0 Å². The van der Waals surface area contributed by atoms with E-state index in [0.717, 1.165) is 57.8 Å². The van der Waals surface area contributed by atoms with Gasteiger partial charge in [0.2, 0.25) is 0 Å². The molecule has 1 heterocycles. The lowest BCUT2D eigenvalue weighted by molar-refractivity contribution is -0.305. The molecule has 6 atom stereocenters. The second kappa shape index (κ2) is 38.0. The third kappa shape index (κ3) is 29.3. The van der Waals surface area contributed by atoms with Crippen LogP contribution in [0.3, 0.4) is 0 Å². The number of carbonyl (C=O) groups is 1. The molecule has 0 radical (unpaired) electrons. The Morgan fingerprint density at radius 2 is 1.05 bits per heavy atom. The zero-order valence-corrected chi connectivity index (χ0v) is 35.2. The fraction of sp³-hybridized carbons (Fsp3) is 0.848. The average Bonchev–Trinajstić information content (AvgIpc) is 3.18. The van der Waals surface area contributed by atoms with Crippen LogP contribution in [0.25, 0.3) is 0 Å². The van der Waals surface area contributed by atoms with Gasteiger partial charge in [-0.05, 0) is 51.4 Å².